The lowest BCUT2D eigenvalue weighted by molar-refractivity contribution is -0.119. The first-order valence-corrected chi connectivity index (χ1v) is 8.54. The number of thioether (sulfide) groups is 1. The zero-order valence-electron chi connectivity index (χ0n) is 13.2. The number of aromatic amines is 1. The van der Waals surface area contributed by atoms with Crippen molar-refractivity contribution in [3.8, 4) is 0 Å². The van der Waals surface area contributed by atoms with Gasteiger partial charge in [-0.05, 0) is 37.1 Å². The van der Waals surface area contributed by atoms with E-state index in [1.807, 2.05) is 49.4 Å². The summed E-state index contributed by atoms with van der Waals surface area (Å²) in [5.74, 6) is 0.349. The van der Waals surface area contributed by atoms with Crippen LogP contribution < -0.4 is 5.32 Å². The molecule has 4 nitrogen and oxygen atoms in total. The van der Waals surface area contributed by atoms with E-state index >= 15 is 0 Å². The Hall–Kier alpha value is -2.27. The summed E-state index contributed by atoms with van der Waals surface area (Å²) in [7, 11) is 0. The molecule has 0 aliphatic carbocycles. The third kappa shape index (κ3) is 3.74. The minimum atomic E-state index is -0.0000248. The zero-order chi connectivity index (χ0) is 16.2. The number of fused-ring (bicyclic) bond motifs is 1. The number of carbonyl (C=O) groups is 1. The van der Waals surface area contributed by atoms with Crippen molar-refractivity contribution in [2.75, 3.05) is 5.75 Å². The molecule has 0 saturated carbocycles. The van der Waals surface area contributed by atoms with Gasteiger partial charge in [0, 0.05) is 0 Å². The van der Waals surface area contributed by atoms with Gasteiger partial charge >= 0.3 is 0 Å². The SMILES string of the molecule is Cc1ccccc1C(C)NC(=O)CSc1nc2ccccc2[nH]1. The molecule has 23 heavy (non-hydrogen) atoms. The number of hydrogen-bond acceptors (Lipinski definition) is 3. The number of para-hydroxylation sites is 2. The Kier molecular flexibility index (Phi) is 4.67. The number of amides is 1. The molecular formula is C18H19N3OS. The van der Waals surface area contributed by atoms with Crippen LogP contribution >= 0.6 is 11.8 Å². The molecule has 3 aromatic rings. The smallest absolute Gasteiger partial charge is 0.230 e. The number of aryl methyl sites for hydroxylation is 1. The third-order valence-electron chi connectivity index (χ3n) is 3.74. The average Bonchev–Trinajstić information content (AvgIpc) is 2.96. The Labute approximate surface area is 139 Å². The van der Waals surface area contributed by atoms with E-state index < -0.39 is 0 Å². The Morgan fingerprint density at radius 3 is 2.74 bits per heavy atom. The van der Waals surface area contributed by atoms with Crippen molar-refractivity contribution in [1.29, 1.82) is 0 Å². The summed E-state index contributed by atoms with van der Waals surface area (Å²) in [6, 6.07) is 16.0. The number of nitrogens with zero attached hydrogens (tertiary/aromatic N) is 1. The minimum Gasteiger partial charge on any atom is -0.349 e. The second-order valence-electron chi connectivity index (χ2n) is 5.49. The quantitative estimate of drug-likeness (QED) is 0.701. The van der Waals surface area contributed by atoms with Crippen molar-refractivity contribution >= 4 is 28.7 Å². The fraction of sp³-hybridized carbons (Fsp3) is 0.222. The van der Waals surface area contributed by atoms with Crippen molar-refractivity contribution in [2.45, 2.75) is 25.0 Å². The van der Waals surface area contributed by atoms with Gasteiger partial charge in [0.05, 0.1) is 22.8 Å². The van der Waals surface area contributed by atoms with Gasteiger partial charge in [0.15, 0.2) is 5.16 Å². The Balaban J connectivity index is 1.58. The van der Waals surface area contributed by atoms with Crippen LogP contribution in [0, 0.1) is 6.92 Å². The van der Waals surface area contributed by atoms with E-state index in [0.29, 0.717) is 5.75 Å². The van der Waals surface area contributed by atoms with E-state index in [0.717, 1.165) is 21.8 Å². The summed E-state index contributed by atoms with van der Waals surface area (Å²) in [5, 5.41) is 3.81. The van der Waals surface area contributed by atoms with E-state index in [2.05, 4.69) is 28.3 Å². The monoisotopic (exact) mass is 325 g/mol. The summed E-state index contributed by atoms with van der Waals surface area (Å²) in [6.45, 7) is 4.06. The van der Waals surface area contributed by atoms with Gasteiger partial charge in [0.2, 0.25) is 5.91 Å². The molecule has 0 fully saturated rings. The normalized spacial score (nSPS) is 12.3. The van der Waals surface area contributed by atoms with Crippen LogP contribution in [0.3, 0.4) is 0 Å². The molecule has 0 saturated heterocycles. The van der Waals surface area contributed by atoms with Crippen LogP contribution in [0.4, 0.5) is 0 Å². The van der Waals surface area contributed by atoms with E-state index in [1.54, 1.807) is 0 Å². The van der Waals surface area contributed by atoms with E-state index in [4.69, 9.17) is 0 Å². The van der Waals surface area contributed by atoms with Crippen LogP contribution in [0.1, 0.15) is 24.1 Å². The molecule has 1 heterocycles. The van der Waals surface area contributed by atoms with Gasteiger partial charge in [-0.1, -0.05) is 48.2 Å². The van der Waals surface area contributed by atoms with Crippen LogP contribution in [0.5, 0.6) is 0 Å². The third-order valence-corrected chi connectivity index (χ3v) is 4.61. The maximum absolute atomic E-state index is 12.2. The summed E-state index contributed by atoms with van der Waals surface area (Å²) in [6.07, 6.45) is 0. The van der Waals surface area contributed by atoms with Gasteiger partial charge in [-0.3, -0.25) is 4.79 Å². The van der Waals surface area contributed by atoms with Crippen molar-refractivity contribution < 1.29 is 4.79 Å². The first-order valence-electron chi connectivity index (χ1n) is 7.56. The molecule has 0 aliphatic rings. The predicted molar refractivity (Wildman–Crippen MR) is 94.6 cm³/mol. The zero-order valence-corrected chi connectivity index (χ0v) is 14.0. The second-order valence-corrected chi connectivity index (χ2v) is 6.46. The number of nitrogens with one attached hydrogen (secondary N) is 2. The van der Waals surface area contributed by atoms with Crippen molar-refractivity contribution in [3.63, 3.8) is 0 Å². The van der Waals surface area contributed by atoms with Gasteiger partial charge in [-0.25, -0.2) is 4.98 Å². The first-order chi connectivity index (χ1) is 11.1. The number of rotatable bonds is 5. The standard InChI is InChI=1S/C18H19N3OS/c1-12-7-3-4-8-14(12)13(2)19-17(22)11-23-18-20-15-9-5-6-10-16(15)21-18/h3-10,13H,11H2,1-2H3,(H,19,22)(H,20,21). The molecule has 0 spiro atoms. The van der Waals surface area contributed by atoms with Gasteiger partial charge in [-0.15, -0.1) is 0 Å². The molecule has 1 atom stereocenters. The highest BCUT2D eigenvalue weighted by Crippen LogP contribution is 2.20. The average molecular weight is 325 g/mol. The Morgan fingerprint density at radius 1 is 1.22 bits per heavy atom. The maximum atomic E-state index is 12.2. The number of benzene rings is 2. The fourth-order valence-corrected chi connectivity index (χ4v) is 3.26. The van der Waals surface area contributed by atoms with Crippen LogP contribution in [0.25, 0.3) is 11.0 Å². The molecule has 5 heteroatoms. The fourth-order valence-electron chi connectivity index (χ4n) is 2.57. The van der Waals surface area contributed by atoms with Crippen LogP contribution in [0.2, 0.25) is 0 Å². The molecule has 118 valence electrons. The molecule has 3 rings (SSSR count). The highest BCUT2D eigenvalue weighted by Gasteiger charge is 2.12. The number of H-pyrrole nitrogens is 1. The van der Waals surface area contributed by atoms with E-state index in [9.17, 15) is 4.79 Å². The molecule has 1 unspecified atom stereocenters. The first kappa shape index (κ1) is 15.6. The Bertz CT molecular complexity index is 795. The van der Waals surface area contributed by atoms with Gasteiger partial charge < -0.3 is 10.3 Å². The van der Waals surface area contributed by atoms with E-state index in [-0.39, 0.29) is 11.9 Å². The lowest BCUT2D eigenvalue weighted by Crippen LogP contribution is -2.28. The molecule has 0 radical (unpaired) electrons. The molecule has 1 amide bonds. The molecule has 2 aromatic carbocycles. The van der Waals surface area contributed by atoms with Gasteiger partial charge in [-0.2, -0.15) is 0 Å². The topological polar surface area (TPSA) is 57.8 Å². The molecule has 0 aliphatic heterocycles. The number of hydrogen-bond donors (Lipinski definition) is 2. The largest absolute Gasteiger partial charge is 0.349 e. The highest BCUT2D eigenvalue weighted by atomic mass is 32.2. The van der Waals surface area contributed by atoms with Crippen LogP contribution in [0.15, 0.2) is 53.7 Å². The number of carbonyl (C=O) groups excluding carboxylic acids is 1. The van der Waals surface area contributed by atoms with Crippen molar-refractivity contribution in [2.24, 2.45) is 0 Å². The lowest BCUT2D eigenvalue weighted by atomic mass is 10.0. The maximum Gasteiger partial charge on any atom is 0.230 e. The van der Waals surface area contributed by atoms with Gasteiger partial charge in [0.25, 0.3) is 0 Å². The molecular weight excluding hydrogens is 306 g/mol. The molecule has 2 N–H and O–H groups in total. The summed E-state index contributed by atoms with van der Waals surface area (Å²) >= 11 is 1.42. The number of imidazole rings is 1. The molecule has 1 aromatic heterocycles. The van der Waals surface area contributed by atoms with Crippen molar-refractivity contribution in [1.82, 2.24) is 15.3 Å². The van der Waals surface area contributed by atoms with E-state index in [1.165, 1.54) is 17.3 Å². The minimum absolute atomic E-state index is 0.0000248. The number of aromatic nitrogens is 2. The van der Waals surface area contributed by atoms with Crippen molar-refractivity contribution in [3.05, 3.63) is 59.7 Å². The summed E-state index contributed by atoms with van der Waals surface area (Å²) in [4.78, 5) is 19.8. The van der Waals surface area contributed by atoms with Crippen LogP contribution in [-0.4, -0.2) is 21.6 Å². The second kappa shape index (κ2) is 6.87. The van der Waals surface area contributed by atoms with Gasteiger partial charge in [0.1, 0.15) is 0 Å². The predicted octanol–water partition coefficient (Wildman–Crippen LogP) is 3.84. The summed E-state index contributed by atoms with van der Waals surface area (Å²) < 4.78 is 0. The Morgan fingerprint density at radius 2 is 1.96 bits per heavy atom. The summed E-state index contributed by atoms with van der Waals surface area (Å²) in [5.41, 5.74) is 4.24. The molecule has 0 bridgehead atoms. The lowest BCUT2D eigenvalue weighted by Gasteiger charge is -2.16. The highest BCUT2D eigenvalue weighted by molar-refractivity contribution is 7.99. The van der Waals surface area contributed by atoms with Crippen LogP contribution in [-0.2, 0) is 4.79 Å².